The van der Waals surface area contributed by atoms with Gasteiger partial charge in [-0.2, -0.15) is 0 Å². The number of unbranched alkanes of at least 4 members (excludes halogenated alkanes) is 1. The van der Waals surface area contributed by atoms with Crippen LogP contribution in [0.25, 0.3) is 0 Å². The lowest BCUT2D eigenvalue weighted by atomic mass is 10.2. The summed E-state index contributed by atoms with van der Waals surface area (Å²) in [6.07, 6.45) is 5.87. The minimum absolute atomic E-state index is 0.252. The topological polar surface area (TPSA) is 49.3 Å². The van der Waals surface area contributed by atoms with Crippen molar-refractivity contribution < 1.29 is 9.90 Å². The van der Waals surface area contributed by atoms with Crippen LogP contribution >= 0.6 is 0 Å². The number of allylic oxidation sites excluding steroid dienone is 1. The fourth-order valence-electron chi connectivity index (χ4n) is 1.47. The monoisotopic (exact) mass is 233 g/mol. The lowest BCUT2D eigenvalue weighted by Crippen LogP contribution is -2.12. The largest absolute Gasteiger partial charge is 0.481 e. The Balaban J connectivity index is 2.00. The Morgan fingerprint density at radius 2 is 2.00 bits per heavy atom. The van der Waals surface area contributed by atoms with Crippen molar-refractivity contribution in [3.05, 3.63) is 48.0 Å². The van der Waals surface area contributed by atoms with Gasteiger partial charge in [0, 0.05) is 19.5 Å². The van der Waals surface area contributed by atoms with E-state index in [1.807, 2.05) is 30.4 Å². The molecule has 0 aliphatic rings. The molecule has 1 aromatic carbocycles. The van der Waals surface area contributed by atoms with E-state index in [-0.39, 0.29) is 6.42 Å². The molecule has 0 aliphatic heterocycles. The molecule has 0 bridgehead atoms. The van der Waals surface area contributed by atoms with E-state index in [0.717, 1.165) is 19.5 Å². The maximum Gasteiger partial charge on any atom is 0.303 e. The molecular formula is C14H19NO2. The van der Waals surface area contributed by atoms with Crippen LogP contribution in [0.4, 0.5) is 0 Å². The molecule has 0 aliphatic carbocycles. The van der Waals surface area contributed by atoms with Crippen molar-refractivity contribution in [1.29, 1.82) is 0 Å². The van der Waals surface area contributed by atoms with Gasteiger partial charge in [-0.25, -0.2) is 0 Å². The van der Waals surface area contributed by atoms with Crippen LogP contribution in [0, 0.1) is 0 Å². The summed E-state index contributed by atoms with van der Waals surface area (Å²) in [6.45, 7) is 1.68. The van der Waals surface area contributed by atoms with Crippen molar-refractivity contribution in [2.45, 2.75) is 25.8 Å². The molecule has 1 rings (SSSR count). The normalized spacial score (nSPS) is 10.8. The van der Waals surface area contributed by atoms with Crippen molar-refractivity contribution in [1.82, 2.24) is 5.32 Å². The van der Waals surface area contributed by atoms with Crippen molar-refractivity contribution in [3.8, 4) is 0 Å². The maximum atomic E-state index is 10.3. The molecule has 0 saturated carbocycles. The first kappa shape index (κ1) is 13.5. The third-order valence-electron chi connectivity index (χ3n) is 2.36. The van der Waals surface area contributed by atoms with Crippen LogP contribution in [0.5, 0.6) is 0 Å². The molecular weight excluding hydrogens is 214 g/mol. The van der Waals surface area contributed by atoms with Gasteiger partial charge in [0.2, 0.25) is 0 Å². The van der Waals surface area contributed by atoms with E-state index in [1.165, 1.54) is 5.56 Å². The molecule has 0 spiro atoms. The first-order valence-electron chi connectivity index (χ1n) is 5.90. The second-order valence-corrected chi connectivity index (χ2v) is 3.87. The lowest BCUT2D eigenvalue weighted by molar-refractivity contribution is -0.137. The number of carbonyl (C=O) groups is 1. The first-order chi connectivity index (χ1) is 8.29. The Labute approximate surface area is 102 Å². The van der Waals surface area contributed by atoms with E-state index < -0.39 is 5.97 Å². The molecule has 0 aromatic heterocycles. The van der Waals surface area contributed by atoms with Crippen molar-refractivity contribution in [2.75, 3.05) is 6.54 Å². The number of nitrogens with one attached hydrogen (secondary N) is 1. The standard InChI is InChI=1S/C14H19NO2/c16-14(17)10-6-1-2-7-11-15-12-13-8-4-3-5-9-13/h2-5,7-9,15H,1,6,10-12H2,(H,16,17)/b7-2+. The number of carboxylic acids is 1. The van der Waals surface area contributed by atoms with Crippen molar-refractivity contribution >= 4 is 5.97 Å². The zero-order valence-electron chi connectivity index (χ0n) is 9.93. The van der Waals surface area contributed by atoms with Crippen molar-refractivity contribution in [2.24, 2.45) is 0 Å². The smallest absolute Gasteiger partial charge is 0.303 e. The Kier molecular flexibility index (Phi) is 6.75. The molecule has 3 nitrogen and oxygen atoms in total. The fraction of sp³-hybridized carbons (Fsp3) is 0.357. The maximum absolute atomic E-state index is 10.3. The molecule has 0 amide bonds. The molecule has 1 aromatic rings. The molecule has 17 heavy (non-hydrogen) atoms. The fourth-order valence-corrected chi connectivity index (χ4v) is 1.47. The minimum atomic E-state index is -0.722. The van der Waals surface area contributed by atoms with Crippen molar-refractivity contribution in [3.63, 3.8) is 0 Å². The van der Waals surface area contributed by atoms with Gasteiger partial charge in [-0.15, -0.1) is 0 Å². The Hall–Kier alpha value is -1.61. The van der Waals surface area contributed by atoms with Crippen LogP contribution in [0.1, 0.15) is 24.8 Å². The van der Waals surface area contributed by atoms with Crippen LogP contribution in [0.15, 0.2) is 42.5 Å². The average molecular weight is 233 g/mol. The van der Waals surface area contributed by atoms with Crippen LogP contribution in [0.3, 0.4) is 0 Å². The summed E-state index contributed by atoms with van der Waals surface area (Å²) in [5.41, 5.74) is 1.27. The van der Waals surface area contributed by atoms with E-state index in [9.17, 15) is 4.79 Å². The number of hydrogen-bond donors (Lipinski definition) is 2. The third-order valence-corrected chi connectivity index (χ3v) is 2.36. The van der Waals surface area contributed by atoms with Crippen LogP contribution in [-0.4, -0.2) is 17.6 Å². The molecule has 0 heterocycles. The van der Waals surface area contributed by atoms with Crippen LogP contribution < -0.4 is 5.32 Å². The quantitative estimate of drug-likeness (QED) is 0.536. The summed E-state index contributed by atoms with van der Waals surface area (Å²) in [5.74, 6) is -0.722. The summed E-state index contributed by atoms with van der Waals surface area (Å²) in [4.78, 5) is 10.3. The average Bonchev–Trinajstić information content (AvgIpc) is 2.33. The van der Waals surface area contributed by atoms with Gasteiger partial charge in [0.1, 0.15) is 0 Å². The van der Waals surface area contributed by atoms with E-state index in [4.69, 9.17) is 5.11 Å². The molecule has 0 unspecified atom stereocenters. The third kappa shape index (κ3) is 7.30. The summed E-state index contributed by atoms with van der Waals surface area (Å²) < 4.78 is 0. The highest BCUT2D eigenvalue weighted by molar-refractivity contribution is 5.66. The van der Waals surface area contributed by atoms with Gasteiger partial charge in [0.15, 0.2) is 0 Å². The summed E-state index contributed by atoms with van der Waals surface area (Å²) in [7, 11) is 0. The second-order valence-electron chi connectivity index (χ2n) is 3.87. The highest BCUT2D eigenvalue weighted by atomic mass is 16.4. The van der Waals surface area contributed by atoms with Gasteiger partial charge in [-0.05, 0) is 18.4 Å². The van der Waals surface area contributed by atoms with Gasteiger partial charge in [0.25, 0.3) is 0 Å². The van der Waals surface area contributed by atoms with E-state index in [2.05, 4.69) is 17.4 Å². The highest BCUT2D eigenvalue weighted by Crippen LogP contribution is 1.98. The first-order valence-corrected chi connectivity index (χ1v) is 5.90. The summed E-state index contributed by atoms with van der Waals surface area (Å²) in [6, 6.07) is 10.2. The molecule has 0 atom stereocenters. The Morgan fingerprint density at radius 3 is 2.71 bits per heavy atom. The highest BCUT2D eigenvalue weighted by Gasteiger charge is 1.93. The number of aliphatic carboxylic acids is 1. The predicted octanol–water partition coefficient (Wildman–Crippen LogP) is 2.59. The predicted molar refractivity (Wildman–Crippen MR) is 68.8 cm³/mol. The van der Waals surface area contributed by atoms with Gasteiger partial charge in [-0.1, -0.05) is 42.5 Å². The zero-order chi connectivity index (χ0) is 12.3. The molecule has 92 valence electrons. The van der Waals surface area contributed by atoms with Gasteiger partial charge < -0.3 is 10.4 Å². The van der Waals surface area contributed by atoms with Crippen LogP contribution in [-0.2, 0) is 11.3 Å². The van der Waals surface area contributed by atoms with Gasteiger partial charge in [0.05, 0.1) is 0 Å². The lowest BCUT2D eigenvalue weighted by Gasteiger charge is -2.00. The van der Waals surface area contributed by atoms with Gasteiger partial charge >= 0.3 is 5.97 Å². The van der Waals surface area contributed by atoms with Gasteiger partial charge in [-0.3, -0.25) is 4.79 Å². The minimum Gasteiger partial charge on any atom is -0.481 e. The zero-order valence-corrected chi connectivity index (χ0v) is 9.93. The van der Waals surface area contributed by atoms with E-state index in [1.54, 1.807) is 0 Å². The molecule has 3 heteroatoms. The molecule has 0 saturated heterocycles. The molecule has 2 N–H and O–H groups in total. The Bertz CT molecular complexity index is 346. The number of benzene rings is 1. The SMILES string of the molecule is O=C(O)CCC/C=C/CNCc1ccccc1. The Morgan fingerprint density at radius 1 is 1.24 bits per heavy atom. The number of rotatable bonds is 8. The number of carboxylic acid groups (broad SMARTS) is 1. The van der Waals surface area contributed by atoms with E-state index in [0.29, 0.717) is 6.42 Å². The van der Waals surface area contributed by atoms with Crippen LogP contribution in [0.2, 0.25) is 0 Å². The number of hydrogen-bond acceptors (Lipinski definition) is 2. The van der Waals surface area contributed by atoms with E-state index >= 15 is 0 Å². The molecule has 0 radical (unpaired) electrons. The summed E-state index contributed by atoms with van der Waals surface area (Å²) in [5, 5.41) is 11.7. The summed E-state index contributed by atoms with van der Waals surface area (Å²) >= 11 is 0. The molecule has 0 fully saturated rings. The second kappa shape index (κ2) is 8.53.